The van der Waals surface area contributed by atoms with Crippen LogP contribution in [0.25, 0.3) is 0 Å². The van der Waals surface area contributed by atoms with E-state index in [2.05, 4.69) is 11.4 Å². The van der Waals surface area contributed by atoms with Crippen molar-refractivity contribution >= 4 is 11.9 Å². The van der Waals surface area contributed by atoms with E-state index in [4.69, 9.17) is 14.6 Å². The van der Waals surface area contributed by atoms with Gasteiger partial charge in [-0.15, -0.1) is 0 Å². The summed E-state index contributed by atoms with van der Waals surface area (Å²) in [5.41, 5.74) is 1.09. The number of carboxylic acid groups (broad SMARTS) is 1. The molecule has 0 aromatic heterocycles. The van der Waals surface area contributed by atoms with Crippen LogP contribution in [0.5, 0.6) is 5.75 Å². The second kappa shape index (κ2) is 7.44. The van der Waals surface area contributed by atoms with Crippen molar-refractivity contribution < 1.29 is 24.2 Å². The molecule has 1 saturated carbocycles. The highest BCUT2D eigenvalue weighted by molar-refractivity contribution is 5.82. The van der Waals surface area contributed by atoms with E-state index in [1.807, 2.05) is 18.2 Å². The van der Waals surface area contributed by atoms with Crippen LogP contribution in [0.3, 0.4) is 0 Å². The lowest BCUT2D eigenvalue weighted by Crippen LogP contribution is -2.43. The Morgan fingerprint density at radius 2 is 2.00 bits per heavy atom. The molecule has 2 fully saturated rings. The fourth-order valence-corrected chi connectivity index (χ4v) is 3.95. The first kappa shape index (κ1) is 17.7. The van der Waals surface area contributed by atoms with Gasteiger partial charge >= 0.3 is 5.97 Å². The zero-order valence-electron chi connectivity index (χ0n) is 14.5. The smallest absolute Gasteiger partial charge is 0.332 e. The predicted molar refractivity (Wildman–Crippen MR) is 91.7 cm³/mol. The molecule has 136 valence electrons. The molecule has 0 spiro atoms. The number of ether oxygens (including phenoxy) is 2. The molecule has 1 aliphatic heterocycles. The normalized spacial score (nSPS) is 24.8. The zero-order chi connectivity index (χ0) is 17.9. The van der Waals surface area contributed by atoms with Gasteiger partial charge in [0.05, 0.1) is 7.11 Å². The molecule has 6 heteroatoms. The highest BCUT2D eigenvalue weighted by atomic mass is 16.5. The number of carbonyl (C=O) groups excluding carboxylic acids is 1. The molecule has 25 heavy (non-hydrogen) atoms. The van der Waals surface area contributed by atoms with E-state index in [1.165, 1.54) is 5.56 Å². The molecule has 1 aliphatic carbocycles. The predicted octanol–water partition coefficient (Wildman–Crippen LogP) is 2.26. The third-order valence-corrected chi connectivity index (χ3v) is 5.43. The summed E-state index contributed by atoms with van der Waals surface area (Å²) in [4.78, 5) is 23.4. The average molecular weight is 347 g/mol. The van der Waals surface area contributed by atoms with Crippen molar-refractivity contribution in [1.29, 1.82) is 0 Å². The van der Waals surface area contributed by atoms with Gasteiger partial charge in [-0.2, -0.15) is 0 Å². The minimum absolute atomic E-state index is 0.0883. The van der Waals surface area contributed by atoms with Gasteiger partial charge in [-0.25, -0.2) is 4.79 Å². The molecule has 2 aliphatic rings. The summed E-state index contributed by atoms with van der Waals surface area (Å²) in [6.45, 7) is 0.538. The number of methoxy groups -OCH3 is 1. The summed E-state index contributed by atoms with van der Waals surface area (Å²) in [5.74, 6) is -0.393. The van der Waals surface area contributed by atoms with Crippen LogP contribution in [0.4, 0.5) is 0 Å². The fraction of sp³-hybridized carbons (Fsp3) is 0.579. The Kier molecular flexibility index (Phi) is 5.27. The quantitative estimate of drug-likeness (QED) is 0.824. The van der Waals surface area contributed by atoms with E-state index in [0.29, 0.717) is 19.4 Å². The lowest BCUT2D eigenvalue weighted by atomic mass is 9.78. The fourth-order valence-electron chi connectivity index (χ4n) is 3.95. The van der Waals surface area contributed by atoms with Gasteiger partial charge in [0.1, 0.15) is 11.9 Å². The topological polar surface area (TPSA) is 84.9 Å². The Bertz CT molecular complexity index is 638. The van der Waals surface area contributed by atoms with Gasteiger partial charge in [-0.3, -0.25) is 4.79 Å². The van der Waals surface area contributed by atoms with Crippen molar-refractivity contribution in [2.24, 2.45) is 0 Å². The number of aliphatic carboxylic acids is 1. The lowest BCUT2D eigenvalue weighted by molar-refractivity contribution is -0.151. The third kappa shape index (κ3) is 3.79. The molecule has 2 atom stereocenters. The molecule has 6 nitrogen and oxygen atoms in total. The molecule has 2 N–H and O–H groups in total. The average Bonchev–Trinajstić information content (AvgIpc) is 3.30. The van der Waals surface area contributed by atoms with Gasteiger partial charge in [0.15, 0.2) is 6.10 Å². The lowest BCUT2D eigenvalue weighted by Gasteiger charge is -2.30. The second-order valence-corrected chi connectivity index (χ2v) is 6.97. The monoisotopic (exact) mass is 347 g/mol. The summed E-state index contributed by atoms with van der Waals surface area (Å²) in [6, 6.07) is 8.03. The van der Waals surface area contributed by atoms with Gasteiger partial charge in [0, 0.05) is 12.0 Å². The number of carbonyl (C=O) groups is 2. The van der Waals surface area contributed by atoms with Crippen LogP contribution in [-0.2, 0) is 19.7 Å². The Hall–Kier alpha value is -2.08. The van der Waals surface area contributed by atoms with Gasteiger partial charge in [-0.1, -0.05) is 25.0 Å². The molecular weight excluding hydrogens is 322 g/mol. The molecular formula is C19H25NO5. The standard InChI is InChI=1S/C19H25NO5/c1-24-14-6-4-5-13(11-14)19(9-2-3-10-19)12-20-17(21)15-7-8-16(25-15)18(22)23/h4-6,11,15-16H,2-3,7-10,12H2,1H3,(H,20,21)(H,22,23)/t15-,16+/m0/s1. The maximum atomic E-state index is 12.4. The van der Waals surface area contributed by atoms with Crippen molar-refractivity contribution in [2.45, 2.75) is 56.1 Å². The van der Waals surface area contributed by atoms with E-state index < -0.39 is 18.2 Å². The Labute approximate surface area is 147 Å². The van der Waals surface area contributed by atoms with Gasteiger partial charge in [-0.05, 0) is 43.4 Å². The number of hydrogen-bond donors (Lipinski definition) is 2. The van der Waals surface area contributed by atoms with E-state index in [-0.39, 0.29) is 11.3 Å². The summed E-state index contributed by atoms with van der Waals surface area (Å²) in [5, 5.41) is 12.0. The SMILES string of the molecule is COc1cccc(C2(CNC(=O)[C@@H]3CC[C@H](C(=O)O)O3)CCCC2)c1. The summed E-state index contributed by atoms with van der Waals surface area (Å²) in [6.07, 6.45) is 3.61. The van der Waals surface area contributed by atoms with Crippen molar-refractivity contribution in [3.05, 3.63) is 29.8 Å². The van der Waals surface area contributed by atoms with Crippen LogP contribution in [0.2, 0.25) is 0 Å². The second-order valence-electron chi connectivity index (χ2n) is 6.97. The van der Waals surface area contributed by atoms with Crippen molar-refractivity contribution in [1.82, 2.24) is 5.32 Å². The van der Waals surface area contributed by atoms with E-state index in [1.54, 1.807) is 7.11 Å². The maximum absolute atomic E-state index is 12.4. The number of hydrogen-bond acceptors (Lipinski definition) is 4. The minimum Gasteiger partial charge on any atom is -0.497 e. The van der Waals surface area contributed by atoms with Gasteiger partial charge < -0.3 is 19.9 Å². The number of rotatable bonds is 6. The molecule has 1 amide bonds. The number of nitrogens with one attached hydrogen (secondary N) is 1. The van der Waals surface area contributed by atoms with Gasteiger partial charge in [0.25, 0.3) is 0 Å². The number of benzene rings is 1. The van der Waals surface area contributed by atoms with E-state index >= 15 is 0 Å². The van der Waals surface area contributed by atoms with Crippen LogP contribution < -0.4 is 10.1 Å². The first-order valence-corrected chi connectivity index (χ1v) is 8.85. The molecule has 1 aromatic rings. The zero-order valence-corrected chi connectivity index (χ0v) is 14.5. The molecule has 1 heterocycles. The highest BCUT2D eigenvalue weighted by Crippen LogP contribution is 2.41. The molecule has 1 aromatic carbocycles. The summed E-state index contributed by atoms with van der Waals surface area (Å²) < 4.78 is 10.7. The number of amides is 1. The molecule has 3 rings (SSSR count). The number of carboxylic acids is 1. The molecule has 1 saturated heterocycles. The van der Waals surface area contributed by atoms with Crippen molar-refractivity contribution in [2.75, 3.05) is 13.7 Å². The Morgan fingerprint density at radius 3 is 2.64 bits per heavy atom. The van der Waals surface area contributed by atoms with Crippen LogP contribution in [-0.4, -0.2) is 42.8 Å². The Morgan fingerprint density at radius 1 is 1.28 bits per heavy atom. The minimum atomic E-state index is -1.00. The first-order chi connectivity index (χ1) is 12.0. The third-order valence-electron chi connectivity index (χ3n) is 5.43. The summed E-state index contributed by atoms with van der Waals surface area (Å²) >= 11 is 0. The Balaban J connectivity index is 1.66. The molecule has 0 bridgehead atoms. The van der Waals surface area contributed by atoms with Crippen LogP contribution >= 0.6 is 0 Å². The first-order valence-electron chi connectivity index (χ1n) is 8.85. The van der Waals surface area contributed by atoms with Crippen LogP contribution in [0, 0.1) is 0 Å². The van der Waals surface area contributed by atoms with Crippen molar-refractivity contribution in [3.8, 4) is 5.75 Å². The molecule has 0 radical (unpaired) electrons. The largest absolute Gasteiger partial charge is 0.497 e. The van der Waals surface area contributed by atoms with Gasteiger partial charge in [0.2, 0.25) is 5.91 Å². The van der Waals surface area contributed by atoms with E-state index in [9.17, 15) is 9.59 Å². The van der Waals surface area contributed by atoms with Crippen LogP contribution in [0.1, 0.15) is 44.1 Å². The van der Waals surface area contributed by atoms with Crippen molar-refractivity contribution in [3.63, 3.8) is 0 Å². The molecule has 0 unspecified atom stereocenters. The van der Waals surface area contributed by atoms with Crippen LogP contribution in [0.15, 0.2) is 24.3 Å². The summed E-state index contributed by atoms with van der Waals surface area (Å²) in [7, 11) is 1.65. The highest BCUT2D eigenvalue weighted by Gasteiger charge is 2.39. The van der Waals surface area contributed by atoms with E-state index in [0.717, 1.165) is 31.4 Å². The maximum Gasteiger partial charge on any atom is 0.332 e.